The van der Waals surface area contributed by atoms with E-state index in [1.165, 1.54) is 19.4 Å². The van der Waals surface area contributed by atoms with Crippen molar-refractivity contribution in [3.8, 4) is 5.75 Å². The van der Waals surface area contributed by atoms with E-state index in [9.17, 15) is 4.79 Å². The largest absolute Gasteiger partial charge is 0.490 e. The van der Waals surface area contributed by atoms with E-state index < -0.39 is 0 Å². The summed E-state index contributed by atoms with van der Waals surface area (Å²) in [7, 11) is 1.41. The van der Waals surface area contributed by atoms with Gasteiger partial charge in [-0.25, -0.2) is 0 Å². The second-order valence-corrected chi connectivity index (χ2v) is 1.95. The monoisotopic (exact) mass is 227 g/mol. The molecule has 76 valence electrons. The fraction of sp³-hybridized carbons (Fsp3) is 0.286. The molecule has 6 heteroatoms. The predicted octanol–water partition coefficient (Wildman–Crippen LogP) is 0.951. The SMILES string of the molecule is COc1c(CN)occc1=O.Cl.Cl. The Morgan fingerprint density at radius 1 is 1.54 bits per heavy atom. The third-order valence-corrected chi connectivity index (χ3v) is 1.30. The minimum atomic E-state index is -0.209. The first-order valence-corrected chi connectivity index (χ1v) is 3.14. The van der Waals surface area contributed by atoms with Gasteiger partial charge in [0.1, 0.15) is 0 Å². The molecule has 0 aliphatic rings. The van der Waals surface area contributed by atoms with Crippen LogP contribution in [0.1, 0.15) is 5.76 Å². The molecule has 0 unspecified atom stereocenters. The van der Waals surface area contributed by atoms with Crippen LogP contribution in [0.15, 0.2) is 21.5 Å². The molecule has 0 aliphatic heterocycles. The molecule has 0 amide bonds. The molecule has 0 bridgehead atoms. The summed E-state index contributed by atoms with van der Waals surface area (Å²) < 4.78 is 9.71. The van der Waals surface area contributed by atoms with Crippen LogP contribution in [0.4, 0.5) is 0 Å². The highest BCUT2D eigenvalue weighted by atomic mass is 35.5. The summed E-state index contributed by atoms with van der Waals surface area (Å²) in [5.74, 6) is 0.565. The molecule has 1 heterocycles. The number of methoxy groups -OCH3 is 1. The van der Waals surface area contributed by atoms with Crippen molar-refractivity contribution in [2.45, 2.75) is 6.54 Å². The second kappa shape index (κ2) is 6.77. The highest BCUT2D eigenvalue weighted by molar-refractivity contribution is 5.85. The van der Waals surface area contributed by atoms with Gasteiger partial charge < -0.3 is 14.9 Å². The smallest absolute Gasteiger partial charge is 0.227 e. The van der Waals surface area contributed by atoms with Crippen LogP contribution in [-0.4, -0.2) is 7.11 Å². The highest BCUT2D eigenvalue weighted by Crippen LogP contribution is 2.09. The van der Waals surface area contributed by atoms with Crippen molar-refractivity contribution in [3.05, 3.63) is 28.3 Å². The molecule has 0 saturated heterocycles. The zero-order valence-electron chi connectivity index (χ0n) is 6.98. The topological polar surface area (TPSA) is 65.5 Å². The third-order valence-electron chi connectivity index (χ3n) is 1.30. The van der Waals surface area contributed by atoms with Crippen molar-refractivity contribution < 1.29 is 9.15 Å². The average molecular weight is 228 g/mol. The third kappa shape index (κ3) is 3.26. The molecule has 0 saturated carbocycles. The fourth-order valence-corrected chi connectivity index (χ4v) is 0.800. The van der Waals surface area contributed by atoms with Gasteiger partial charge in [0, 0.05) is 6.07 Å². The van der Waals surface area contributed by atoms with Crippen LogP contribution in [-0.2, 0) is 6.54 Å². The van der Waals surface area contributed by atoms with E-state index in [2.05, 4.69) is 0 Å². The molecule has 1 aromatic rings. The van der Waals surface area contributed by atoms with Crippen molar-refractivity contribution in [1.82, 2.24) is 0 Å². The minimum Gasteiger partial charge on any atom is -0.490 e. The molecule has 0 fully saturated rings. The minimum absolute atomic E-state index is 0. The van der Waals surface area contributed by atoms with Gasteiger partial charge in [-0.3, -0.25) is 4.79 Å². The van der Waals surface area contributed by atoms with Gasteiger partial charge in [-0.05, 0) is 0 Å². The molecule has 0 radical (unpaired) electrons. The first kappa shape index (κ1) is 14.8. The lowest BCUT2D eigenvalue weighted by Crippen LogP contribution is -2.09. The summed E-state index contributed by atoms with van der Waals surface area (Å²) >= 11 is 0. The molecular formula is C7H11Cl2NO3. The van der Waals surface area contributed by atoms with Crippen LogP contribution < -0.4 is 15.9 Å². The van der Waals surface area contributed by atoms with Gasteiger partial charge in [0.2, 0.25) is 11.2 Å². The molecule has 1 rings (SSSR count). The van der Waals surface area contributed by atoms with Crippen LogP contribution in [0.25, 0.3) is 0 Å². The number of rotatable bonds is 2. The van der Waals surface area contributed by atoms with E-state index in [1.54, 1.807) is 0 Å². The second-order valence-electron chi connectivity index (χ2n) is 1.95. The molecular weight excluding hydrogens is 217 g/mol. The zero-order chi connectivity index (χ0) is 8.27. The summed E-state index contributed by atoms with van der Waals surface area (Å²) in [6.45, 7) is 0.166. The van der Waals surface area contributed by atoms with Crippen molar-refractivity contribution >= 4 is 24.8 Å². The van der Waals surface area contributed by atoms with E-state index in [4.69, 9.17) is 14.9 Å². The Morgan fingerprint density at radius 2 is 2.15 bits per heavy atom. The van der Waals surface area contributed by atoms with Gasteiger partial charge in [0.25, 0.3) is 0 Å². The molecule has 0 spiro atoms. The Bertz CT molecular complexity index is 300. The fourth-order valence-electron chi connectivity index (χ4n) is 0.800. The molecule has 13 heavy (non-hydrogen) atoms. The average Bonchev–Trinajstić information content (AvgIpc) is 2.04. The van der Waals surface area contributed by atoms with Crippen molar-refractivity contribution in [2.24, 2.45) is 5.73 Å². The van der Waals surface area contributed by atoms with Crippen LogP contribution in [0.5, 0.6) is 5.75 Å². The quantitative estimate of drug-likeness (QED) is 0.818. The maximum atomic E-state index is 11.0. The van der Waals surface area contributed by atoms with Gasteiger partial charge in [-0.15, -0.1) is 24.8 Å². The first-order chi connectivity index (χ1) is 5.29. The molecule has 0 aliphatic carbocycles. The summed E-state index contributed by atoms with van der Waals surface area (Å²) in [5.41, 5.74) is 5.07. The Kier molecular flexibility index (Phi) is 7.70. The molecule has 0 aromatic carbocycles. The van der Waals surface area contributed by atoms with Crippen LogP contribution in [0, 0.1) is 0 Å². The van der Waals surface area contributed by atoms with Crippen molar-refractivity contribution in [3.63, 3.8) is 0 Å². The van der Waals surface area contributed by atoms with Gasteiger partial charge in [0.05, 0.1) is 19.9 Å². The lowest BCUT2D eigenvalue weighted by Gasteiger charge is -2.01. The maximum absolute atomic E-state index is 11.0. The number of nitrogens with two attached hydrogens (primary N) is 1. The van der Waals surface area contributed by atoms with E-state index >= 15 is 0 Å². The standard InChI is InChI=1S/C7H9NO3.2ClH/c1-10-7-5(9)2-3-11-6(7)4-8;;/h2-3H,4,8H2,1H3;2*1H. The van der Waals surface area contributed by atoms with Crippen molar-refractivity contribution in [1.29, 1.82) is 0 Å². The Morgan fingerprint density at radius 3 is 2.54 bits per heavy atom. The normalized spacial score (nSPS) is 8.15. The van der Waals surface area contributed by atoms with E-state index in [0.29, 0.717) is 5.76 Å². The molecule has 4 nitrogen and oxygen atoms in total. The Balaban J connectivity index is 0. The number of hydrogen-bond acceptors (Lipinski definition) is 4. The lowest BCUT2D eigenvalue weighted by atomic mass is 10.3. The summed E-state index contributed by atoms with van der Waals surface area (Å²) in [6.07, 6.45) is 1.30. The maximum Gasteiger partial charge on any atom is 0.227 e. The highest BCUT2D eigenvalue weighted by Gasteiger charge is 2.05. The van der Waals surface area contributed by atoms with Gasteiger partial charge in [0.15, 0.2) is 5.76 Å². The number of ether oxygens (including phenoxy) is 1. The Hall–Kier alpha value is -0.710. The first-order valence-electron chi connectivity index (χ1n) is 3.14. The van der Waals surface area contributed by atoms with Crippen molar-refractivity contribution in [2.75, 3.05) is 7.11 Å². The molecule has 1 aromatic heterocycles. The number of hydrogen-bond donors (Lipinski definition) is 1. The summed E-state index contributed by atoms with van der Waals surface area (Å²) in [6, 6.07) is 1.29. The predicted molar refractivity (Wildman–Crippen MR) is 53.9 cm³/mol. The zero-order valence-corrected chi connectivity index (χ0v) is 8.61. The lowest BCUT2D eigenvalue weighted by molar-refractivity contribution is 0.368. The summed E-state index contributed by atoms with van der Waals surface area (Å²) in [4.78, 5) is 11.0. The van der Waals surface area contributed by atoms with Gasteiger partial charge >= 0.3 is 0 Å². The van der Waals surface area contributed by atoms with Crippen LogP contribution in [0.2, 0.25) is 0 Å². The van der Waals surface area contributed by atoms with E-state index in [0.717, 1.165) is 0 Å². The van der Waals surface area contributed by atoms with E-state index in [1.807, 2.05) is 0 Å². The Labute approximate surface area is 87.9 Å². The van der Waals surface area contributed by atoms with Crippen LogP contribution >= 0.6 is 24.8 Å². The number of halogens is 2. The summed E-state index contributed by atoms with van der Waals surface area (Å²) in [5, 5.41) is 0. The van der Waals surface area contributed by atoms with E-state index in [-0.39, 0.29) is 42.5 Å². The van der Waals surface area contributed by atoms with Gasteiger partial charge in [-0.2, -0.15) is 0 Å². The molecule has 2 N–H and O–H groups in total. The van der Waals surface area contributed by atoms with Gasteiger partial charge in [-0.1, -0.05) is 0 Å². The van der Waals surface area contributed by atoms with Crippen LogP contribution in [0.3, 0.4) is 0 Å². The molecule has 0 atom stereocenters.